The van der Waals surface area contributed by atoms with Crippen molar-refractivity contribution in [3.05, 3.63) is 30.4 Å². The molecule has 0 saturated carbocycles. The number of carbonyl (C=O) groups excluding carboxylic acids is 2. The summed E-state index contributed by atoms with van der Waals surface area (Å²) in [6.45, 7) is 1.15. The fraction of sp³-hybridized carbons (Fsp3) is 0.308. The van der Waals surface area contributed by atoms with E-state index in [-0.39, 0.29) is 11.7 Å². The van der Waals surface area contributed by atoms with Gasteiger partial charge < -0.3 is 13.8 Å². The molecule has 3 heterocycles. The monoisotopic (exact) mass is 290 g/mol. The first-order chi connectivity index (χ1) is 10.1. The third-order valence-corrected chi connectivity index (χ3v) is 3.22. The van der Waals surface area contributed by atoms with Gasteiger partial charge in [-0.1, -0.05) is 5.16 Å². The van der Waals surface area contributed by atoms with Crippen LogP contribution in [-0.2, 0) is 0 Å². The summed E-state index contributed by atoms with van der Waals surface area (Å²) in [6.07, 6.45) is 3.78. The number of rotatable bonds is 3. The smallest absolute Gasteiger partial charge is 0.338 e. The Labute approximate surface area is 120 Å². The molecule has 0 radical (unpaired) electrons. The van der Waals surface area contributed by atoms with Crippen molar-refractivity contribution in [3.8, 4) is 11.3 Å². The zero-order valence-corrected chi connectivity index (χ0v) is 11.4. The average Bonchev–Trinajstić information content (AvgIpc) is 3.13. The Kier molecular flexibility index (Phi) is 3.35. The first-order valence-electron chi connectivity index (χ1n) is 6.48. The number of hydrazine groups is 1. The first-order valence-corrected chi connectivity index (χ1v) is 6.48. The van der Waals surface area contributed by atoms with Crippen molar-refractivity contribution in [2.75, 3.05) is 20.1 Å². The number of nitrogens with one attached hydrogen (secondary N) is 1. The van der Waals surface area contributed by atoms with Crippen LogP contribution in [0.1, 0.15) is 16.9 Å². The highest BCUT2D eigenvalue weighted by atomic mass is 16.5. The summed E-state index contributed by atoms with van der Waals surface area (Å²) >= 11 is 0. The summed E-state index contributed by atoms with van der Waals surface area (Å²) in [6, 6.07) is 2.96. The Morgan fingerprint density at radius 3 is 3.05 bits per heavy atom. The fourth-order valence-electron chi connectivity index (χ4n) is 2.07. The number of nitrogens with zero attached hydrogens (tertiary/aromatic N) is 3. The Morgan fingerprint density at radius 1 is 1.43 bits per heavy atom. The number of carbonyl (C=O) groups is 2. The molecular formula is C13H14N4O4. The van der Waals surface area contributed by atoms with Gasteiger partial charge in [0.15, 0.2) is 11.5 Å². The largest absolute Gasteiger partial charge is 0.472 e. The van der Waals surface area contributed by atoms with Crippen LogP contribution in [0.5, 0.6) is 0 Å². The summed E-state index contributed by atoms with van der Waals surface area (Å²) in [7, 11) is 1.69. The molecule has 0 aromatic carbocycles. The van der Waals surface area contributed by atoms with Crippen molar-refractivity contribution < 1.29 is 18.5 Å². The van der Waals surface area contributed by atoms with Gasteiger partial charge in [0.25, 0.3) is 5.91 Å². The average molecular weight is 290 g/mol. The highest BCUT2D eigenvalue weighted by Gasteiger charge is 2.25. The van der Waals surface area contributed by atoms with Gasteiger partial charge in [0.1, 0.15) is 6.26 Å². The number of urea groups is 1. The van der Waals surface area contributed by atoms with Gasteiger partial charge in [0.2, 0.25) is 0 Å². The lowest BCUT2D eigenvalue weighted by molar-refractivity contribution is 0.0729. The van der Waals surface area contributed by atoms with Crippen molar-refractivity contribution in [2.45, 2.75) is 6.42 Å². The molecule has 0 bridgehead atoms. The van der Waals surface area contributed by atoms with E-state index in [1.54, 1.807) is 18.0 Å². The fourth-order valence-corrected chi connectivity index (χ4v) is 2.07. The Bertz CT molecular complexity index is 649. The molecule has 21 heavy (non-hydrogen) atoms. The van der Waals surface area contributed by atoms with Crippen LogP contribution >= 0.6 is 0 Å². The molecule has 1 fully saturated rings. The maximum atomic E-state index is 12.1. The predicted octanol–water partition coefficient (Wildman–Crippen LogP) is 1.34. The van der Waals surface area contributed by atoms with E-state index >= 15 is 0 Å². The summed E-state index contributed by atoms with van der Waals surface area (Å²) in [4.78, 5) is 25.5. The zero-order valence-electron chi connectivity index (χ0n) is 11.4. The van der Waals surface area contributed by atoms with Crippen molar-refractivity contribution in [1.29, 1.82) is 0 Å². The van der Waals surface area contributed by atoms with E-state index < -0.39 is 5.91 Å². The lowest BCUT2D eigenvalue weighted by Crippen LogP contribution is -2.55. The second kappa shape index (κ2) is 5.31. The Morgan fingerprint density at radius 2 is 2.29 bits per heavy atom. The molecule has 1 N–H and O–H groups in total. The molecule has 110 valence electrons. The Balaban J connectivity index is 1.70. The highest BCUT2D eigenvalue weighted by molar-refractivity contribution is 5.94. The molecule has 8 heteroatoms. The number of hydrogen-bond donors (Lipinski definition) is 1. The van der Waals surface area contributed by atoms with Crippen LogP contribution in [0.2, 0.25) is 0 Å². The number of aromatic nitrogens is 1. The third kappa shape index (κ3) is 2.60. The van der Waals surface area contributed by atoms with Gasteiger partial charge in [-0.05, 0) is 12.5 Å². The van der Waals surface area contributed by atoms with Crippen molar-refractivity contribution >= 4 is 11.9 Å². The van der Waals surface area contributed by atoms with E-state index in [4.69, 9.17) is 8.94 Å². The molecule has 0 unspecified atom stereocenters. The minimum Gasteiger partial charge on any atom is -0.472 e. The van der Waals surface area contributed by atoms with Gasteiger partial charge >= 0.3 is 6.03 Å². The number of hydrogen-bond acceptors (Lipinski definition) is 5. The maximum absolute atomic E-state index is 12.1. The molecule has 1 saturated heterocycles. The predicted molar refractivity (Wildman–Crippen MR) is 71.0 cm³/mol. The number of furan rings is 1. The molecule has 3 amide bonds. The van der Waals surface area contributed by atoms with E-state index in [0.29, 0.717) is 24.4 Å². The molecule has 0 atom stereocenters. The van der Waals surface area contributed by atoms with Crippen LogP contribution in [0, 0.1) is 0 Å². The van der Waals surface area contributed by atoms with E-state index in [0.717, 1.165) is 6.42 Å². The summed E-state index contributed by atoms with van der Waals surface area (Å²) in [5.41, 5.74) is 3.33. The lowest BCUT2D eigenvalue weighted by atomic mass is 10.2. The highest BCUT2D eigenvalue weighted by Crippen LogP contribution is 2.20. The molecule has 0 aliphatic carbocycles. The van der Waals surface area contributed by atoms with E-state index in [2.05, 4.69) is 10.6 Å². The van der Waals surface area contributed by atoms with Crippen LogP contribution in [0.4, 0.5) is 4.79 Å². The second-order valence-electron chi connectivity index (χ2n) is 4.74. The lowest BCUT2D eigenvalue weighted by Gasteiger charge is -2.32. The van der Waals surface area contributed by atoms with Crippen molar-refractivity contribution in [3.63, 3.8) is 0 Å². The minimum atomic E-state index is -0.489. The van der Waals surface area contributed by atoms with Gasteiger partial charge in [0, 0.05) is 26.2 Å². The van der Waals surface area contributed by atoms with E-state index in [1.807, 2.05) is 0 Å². The SMILES string of the molecule is CN1CCCN(NC(=O)c2cc(-c3ccoc3)on2)C1=O. The third-order valence-electron chi connectivity index (χ3n) is 3.22. The van der Waals surface area contributed by atoms with Crippen LogP contribution in [0.15, 0.2) is 33.6 Å². The molecular weight excluding hydrogens is 276 g/mol. The number of amides is 3. The molecule has 0 spiro atoms. The van der Waals surface area contributed by atoms with Crippen LogP contribution in [0.25, 0.3) is 11.3 Å². The molecule has 8 nitrogen and oxygen atoms in total. The minimum absolute atomic E-state index is 0.104. The van der Waals surface area contributed by atoms with Crippen molar-refractivity contribution in [1.82, 2.24) is 20.5 Å². The first kappa shape index (κ1) is 13.2. The summed E-state index contributed by atoms with van der Waals surface area (Å²) in [5.74, 6) is -0.0619. The van der Waals surface area contributed by atoms with Gasteiger partial charge in [-0.2, -0.15) is 0 Å². The maximum Gasteiger partial charge on any atom is 0.338 e. The molecule has 3 rings (SSSR count). The van der Waals surface area contributed by atoms with Crippen molar-refractivity contribution in [2.24, 2.45) is 0 Å². The molecule has 1 aliphatic heterocycles. The van der Waals surface area contributed by atoms with E-state index in [9.17, 15) is 9.59 Å². The van der Waals surface area contributed by atoms with Gasteiger partial charge in [-0.3, -0.25) is 10.2 Å². The normalized spacial score (nSPS) is 15.4. The topological polar surface area (TPSA) is 91.8 Å². The standard InChI is InChI=1S/C13H14N4O4/c1-16-4-2-5-17(13(16)19)14-12(18)10-7-11(21-15-10)9-3-6-20-8-9/h3,6-8H,2,4-5H2,1H3,(H,14,18). The molecule has 2 aromatic rings. The zero-order chi connectivity index (χ0) is 14.8. The Hall–Kier alpha value is -2.77. The molecule has 1 aliphatic rings. The quantitative estimate of drug-likeness (QED) is 0.920. The van der Waals surface area contributed by atoms with Crippen LogP contribution < -0.4 is 5.43 Å². The van der Waals surface area contributed by atoms with Gasteiger partial charge in [0.05, 0.1) is 11.8 Å². The van der Waals surface area contributed by atoms with E-state index in [1.165, 1.54) is 23.6 Å². The second-order valence-corrected chi connectivity index (χ2v) is 4.74. The summed E-state index contributed by atoms with van der Waals surface area (Å²) < 4.78 is 10.0. The van der Waals surface area contributed by atoms with Gasteiger partial charge in [-0.15, -0.1) is 0 Å². The van der Waals surface area contributed by atoms with Crippen LogP contribution in [-0.4, -0.2) is 47.1 Å². The van der Waals surface area contributed by atoms with Crippen LogP contribution in [0.3, 0.4) is 0 Å². The molecule has 2 aromatic heterocycles. The van der Waals surface area contributed by atoms with Gasteiger partial charge in [-0.25, -0.2) is 9.80 Å². The summed E-state index contributed by atoms with van der Waals surface area (Å²) in [5, 5.41) is 4.98.